The fraction of sp³-hybridized carbons (Fsp3) is 0.529. The fourth-order valence-corrected chi connectivity index (χ4v) is 2.32. The van der Waals surface area contributed by atoms with Crippen molar-refractivity contribution in [1.29, 1.82) is 0 Å². The normalized spacial score (nSPS) is 11.8. The molecular weight excluding hydrogens is 320 g/mol. The van der Waals surface area contributed by atoms with Crippen LogP contribution in [0.1, 0.15) is 49.5 Å². The first-order valence-corrected chi connectivity index (χ1v) is 8.24. The highest BCUT2D eigenvalue weighted by Crippen LogP contribution is 2.35. The zero-order chi connectivity index (χ0) is 17.4. The summed E-state index contributed by atoms with van der Waals surface area (Å²) in [6.45, 7) is 5.47. The number of alkyl halides is 1. The molecule has 0 saturated heterocycles. The average Bonchev–Trinajstić information content (AvgIpc) is 2.51. The van der Waals surface area contributed by atoms with Gasteiger partial charge in [0.1, 0.15) is 18.1 Å². The minimum absolute atomic E-state index is 0.179. The van der Waals surface area contributed by atoms with Crippen LogP contribution in [0.4, 0.5) is 0 Å². The van der Waals surface area contributed by atoms with E-state index in [1.54, 1.807) is 19.1 Å². The maximum absolute atomic E-state index is 11.9. The first kappa shape index (κ1) is 19.3. The number of benzene rings is 1. The van der Waals surface area contributed by atoms with Gasteiger partial charge in [0.25, 0.3) is 0 Å². The number of carbonyl (C=O) groups is 2. The van der Waals surface area contributed by atoms with Crippen molar-refractivity contribution in [2.75, 3.05) is 12.5 Å². The minimum atomic E-state index is -1.06. The molecule has 0 aliphatic heterocycles. The Labute approximate surface area is 141 Å². The van der Waals surface area contributed by atoms with Crippen molar-refractivity contribution in [2.24, 2.45) is 0 Å². The number of Topliss-reactive ketones (excluding diaryl/α,β-unsaturated/α-hetero) is 1. The molecule has 0 aromatic heterocycles. The number of halogens is 1. The number of ketones is 1. The van der Waals surface area contributed by atoms with Crippen molar-refractivity contribution < 1.29 is 24.2 Å². The average molecular weight is 343 g/mol. The number of carboxylic acid groups (broad SMARTS) is 1. The molecule has 1 aromatic rings. The number of carboxylic acids is 1. The van der Waals surface area contributed by atoms with E-state index in [2.05, 4.69) is 0 Å². The Kier molecular flexibility index (Phi) is 7.89. The summed E-state index contributed by atoms with van der Waals surface area (Å²) in [5.74, 6) is -0.0189. The van der Waals surface area contributed by atoms with Crippen molar-refractivity contribution in [2.45, 2.75) is 46.1 Å². The standard InChI is InChI=1S/C17H23ClO5/c1-4-6-13-15(22-10-9-18)8-7-12(11(3)19)16(13)23-14(5-2)17(20)21/h7-8,14H,4-6,9-10H2,1-3H3,(H,20,21). The van der Waals surface area contributed by atoms with Gasteiger partial charge in [0, 0.05) is 5.56 Å². The zero-order valence-electron chi connectivity index (χ0n) is 13.7. The number of aliphatic carboxylic acids is 1. The highest BCUT2D eigenvalue weighted by Gasteiger charge is 2.24. The topological polar surface area (TPSA) is 72.8 Å². The van der Waals surface area contributed by atoms with Gasteiger partial charge in [-0.1, -0.05) is 20.3 Å². The second-order valence-electron chi connectivity index (χ2n) is 5.12. The lowest BCUT2D eigenvalue weighted by Crippen LogP contribution is -2.27. The van der Waals surface area contributed by atoms with Crippen LogP contribution in [0.25, 0.3) is 0 Å². The molecule has 0 aliphatic carbocycles. The molecule has 128 valence electrons. The fourth-order valence-electron chi connectivity index (χ4n) is 2.24. The Balaban J connectivity index is 3.38. The van der Waals surface area contributed by atoms with Crippen LogP contribution < -0.4 is 9.47 Å². The lowest BCUT2D eigenvalue weighted by atomic mass is 10.0. The van der Waals surface area contributed by atoms with Gasteiger partial charge in [-0.05, 0) is 31.9 Å². The van der Waals surface area contributed by atoms with E-state index in [-0.39, 0.29) is 5.78 Å². The summed E-state index contributed by atoms with van der Waals surface area (Å²) in [5, 5.41) is 9.24. The molecule has 0 aliphatic rings. The molecule has 0 heterocycles. The molecule has 1 unspecified atom stereocenters. The maximum atomic E-state index is 11.9. The van der Waals surface area contributed by atoms with Crippen molar-refractivity contribution in [1.82, 2.24) is 0 Å². The maximum Gasteiger partial charge on any atom is 0.344 e. The van der Waals surface area contributed by atoms with Gasteiger partial charge in [-0.2, -0.15) is 0 Å². The van der Waals surface area contributed by atoms with Gasteiger partial charge in [-0.3, -0.25) is 4.79 Å². The van der Waals surface area contributed by atoms with Crippen LogP contribution in [0.5, 0.6) is 11.5 Å². The third kappa shape index (κ3) is 5.13. The van der Waals surface area contributed by atoms with Gasteiger partial charge in [-0.15, -0.1) is 11.6 Å². The molecule has 0 spiro atoms. The van der Waals surface area contributed by atoms with Crippen LogP contribution in [0.3, 0.4) is 0 Å². The number of rotatable bonds is 10. The molecule has 23 heavy (non-hydrogen) atoms. The summed E-state index contributed by atoms with van der Waals surface area (Å²) in [4.78, 5) is 23.2. The largest absolute Gasteiger partial charge is 0.492 e. The van der Waals surface area contributed by atoms with E-state index < -0.39 is 12.1 Å². The van der Waals surface area contributed by atoms with Crippen LogP contribution in [0.15, 0.2) is 12.1 Å². The minimum Gasteiger partial charge on any atom is -0.492 e. The highest BCUT2D eigenvalue weighted by molar-refractivity contribution is 6.18. The third-order valence-electron chi connectivity index (χ3n) is 3.34. The first-order chi connectivity index (χ1) is 11.0. The Morgan fingerprint density at radius 2 is 2.00 bits per heavy atom. The Morgan fingerprint density at radius 1 is 1.30 bits per heavy atom. The summed E-state index contributed by atoms with van der Waals surface area (Å²) >= 11 is 5.66. The van der Waals surface area contributed by atoms with E-state index in [1.807, 2.05) is 6.92 Å². The monoisotopic (exact) mass is 342 g/mol. The number of hydrogen-bond donors (Lipinski definition) is 1. The Hall–Kier alpha value is -1.75. The molecule has 5 nitrogen and oxygen atoms in total. The molecule has 1 aromatic carbocycles. The van der Waals surface area contributed by atoms with Crippen LogP contribution >= 0.6 is 11.6 Å². The van der Waals surface area contributed by atoms with E-state index >= 15 is 0 Å². The molecule has 1 rings (SSSR count). The van der Waals surface area contributed by atoms with Gasteiger partial charge in [0.15, 0.2) is 11.9 Å². The van der Waals surface area contributed by atoms with Crippen LogP contribution in [0.2, 0.25) is 0 Å². The van der Waals surface area contributed by atoms with Crippen molar-refractivity contribution in [3.05, 3.63) is 23.3 Å². The molecule has 1 N–H and O–H groups in total. The van der Waals surface area contributed by atoms with Gasteiger partial charge < -0.3 is 14.6 Å². The molecule has 0 fully saturated rings. The molecular formula is C17H23ClO5. The molecule has 0 radical (unpaired) electrons. The Bertz CT molecular complexity index is 556. The van der Waals surface area contributed by atoms with Crippen LogP contribution in [-0.4, -0.2) is 35.4 Å². The van der Waals surface area contributed by atoms with E-state index in [9.17, 15) is 14.7 Å². The molecule has 0 saturated carbocycles. The van der Waals surface area contributed by atoms with Gasteiger partial charge in [-0.25, -0.2) is 4.79 Å². The predicted molar refractivity (Wildman–Crippen MR) is 89.0 cm³/mol. The molecule has 0 bridgehead atoms. The van der Waals surface area contributed by atoms with Crippen LogP contribution in [-0.2, 0) is 11.2 Å². The number of hydrogen-bond acceptors (Lipinski definition) is 4. The SMILES string of the molecule is CCCc1c(OCCCl)ccc(C(C)=O)c1OC(CC)C(=O)O. The predicted octanol–water partition coefficient (Wildman–Crippen LogP) is 3.70. The van der Waals surface area contributed by atoms with Gasteiger partial charge >= 0.3 is 5.97 Å². The lowest BCUT2D eigenvalue weighted by Gasteiger charge is -2.21. The molecule has 6 heteroatoms. The first-order valence-electron chi connectivity index (χ1n) is 7.71. The van der Waals surface area contributed by atoms with Crippen molar-refractivity contribution in [3.63, 3.8) is 0 Å². The second-order valence-corrected chi connectivity index (χ2v) is 5.49. The zero-order valence-corrected chi connectivity index (χ0v) is 14.5. The summed E-state index contributed by atoms with van der Waals surface area (Å²) < 4.78 is 11.3. The summed E-state index contributed by atoms with van der Waals surface area (Å²) in [5.41, 5.74) is 1.08. The lowest BCUT2D eigenvalue weighted by molar-refractivity contribution is -0.145. The van der Waals surface area contributed by atoms with Crippen LogP contribution in [0, 0.1) is 0 Å². The van der Waals surface area contributed by atoms with Gasteiger partial charge in [0.2, 0.25) is 0 Å². The van der Waals surface area contributed by atoms with E-state index in [1.165, 1.54) is 6.92 Å². The quantitative estimate of drug-likeness (QED) is 0.518. The number of ether oxygens (including phenoxy) is 2. The summed E-state index contributed by atoms with van der Waals surface area (Å²) in [6, 6.07) is 3.32. The molecule has 0 amide bonds. The Morgan fingerprint density at radius 3 is 2.48 bits per heavy atom. The van der Waals surface area contributed by atoms with E-state index in [0.29, 0.717) is 48.0 Å². The second kappa shape index (κ2) is 9.40. The molecule has 1 atom stereocenters. The smallest absolute Gasteiger partial charge is 0.344 e. The summed E-state index contributed by atoms with van der Waals surface area (Å²) in [6.07, 6.45) is 0.709. The van der Waals surface area contributed by atoms with Crippen molar-refractivity contribution >= 4 is 23.4 Å². The van der Waals surface area contributed by atoms with Gasteiger partial charge in [0.05, 0.1) is 11.4 Å². The third-order valence-corrected chi connectivity index (χ3v) is 3.49. The van der Waals surface area contributed by atoms with E-state index in [0.717, 1.165) is 6.42 Å². The number of carbonyl (C=O) groups excluding carboxylic acids is 1. The van der Waals surface area contributed by atoms with Crippen molar-refractivity contribution in [3.8, 4) is 11.5 Å². The highest BCUT2D eigenvalue weighted by atomic mass is 35.5. The summed E-state index contributed by atoms with van der Waals surface area (Å²) in [7, 11) is 0. The van der Waals surface area contributed by atoms with E-state index in [4.69, 9.17) is 21.1 Å².